The van der Waals surface area contributed by atoms with E-state index in [0.717, 1.165) is 18.7 Å². The summed E-state index contributed by atoms with van der Waals surface area (Å²) in [6, 6.07) is 0. The van der Waals surface area contributed by atoms with Gasteiger partial charge in [0.25, 0.3) is 0 Å². The van der Waals surface area contributed by atoms with Crippen molar-refractivity contribution in [2.24, 2.45) is 5.73 Å². The molecule has 9 heavy (non-hydrogen) atoms. The molecular formula is C7H14ClN. The van der Waals surface area contributed by atoms with Crippen LogP contribution in [0.2, 0.25) is 0 Å². The van der Waals surface area contributed by atoms with E-state index in [-0.39, 0.29) is 0 Å². The van der Waals surface area contributed by atoms with Crippen molar-refractivity contribution >= 4 is 11.6 Å². The molecule has 0 saturated carbocycles. The van der Waals surface area contributed by atoms with E-state index in [1.807, 2.05) is 6.08 Å². The monoisotopic (exact) mass is 147 g/mol. The second kappa shape index (κ2) is 7.83. The largest absolute Gasteiger partial charge is 0.405 e. The Hall–Kier alpha value is -0.170. The van der Waals surface area contributed by atoms with Crippen LogP contribution in [0.4, 0.5) is 0 Å². The molecule has 0 atom stereocenters. The first-order valence-corrected chi connectivity index (χ1v) is 3.88. The van der Waals surface area contributed by atoms with Crippen molar-refractivity contribution in [2.75, 3.05) is 5.88 Å². The molecule has 0 radical (unpaired) electrons. The van der Waals surface area contributed by atoms with Gasteiger partial charge in [-0.25, -0.2) is 0 Å². The Morgan fingerprint density at radius 2 is 2.00 bits per heavy atom. The lowest BCUT2D eigenvalue weighted by Gasteiger charge is -1.91. The number of rotatable bonds is 5. The van der Waals surface area contributed by atoms with Crippen LogP contribution in [0.3, 0.4) is 0 Å². The highest BCUT2D eigenvalue weighted by molar-refractivity contribution is 6.17. The SMILES string of the molecule is NC=CCCCCCCl. The Morgan fingerprint density at radius 3 is 2.56 bits per heavy atom. The highest BCUT2D eigenvalue weighted by Gasteiger charge is 1.83. The second-order valence-corrected chi connectivity index (χ2v) is 2.34. The summed E-state index contributed by atoms with van der Waals surface area (Å²) in [6.07, 6.45) is 8.22. The van der Waals surface area contributed by atoms with Gasteiger partial charge in [0.1, 0.15) is 0 Å². The van der Waals surface area contributed by atoms with Crippen LogP contribution in [0.15, 0.2) is 12.3 Å². The fourth-order valence-corrected chi connectivity index (χ4v) is 0.819. The Labute approximate surface area is 61.9 Å². The minimum atomic E-state index is 0.784. The highest BCUT2D eigenvalue weighted by atomic mass is 35.5. The first-order chi connectivity index (χ1) is 4.41. The average molecular weight is 148 g/mol. The van der Waals surface area contributed by atoms with Gasteiger partial charge in [0.2, 0.25) is 0 Å². The number of nitrogens with two attached hydrogens (primary N) is 1. The molecule has 0 aliphatic carbocycles. The van der Waals surface area contributed by atoms with Gasteiger partial charge in [-0.15, -0.1) is 11.6 Å². The van der Waals surface area contributed by atoms with Crippen molar-refractivity contribution in [2.45, 2.75) is 25.7 Å². The van der Waals surface area contributed by atoms with Crippen molar-refractivity contribution in [3.8, 4) is 0 Å². The molecule has 2 N–H and O–H groups in total. The smallest absolute Gasteiger partial charge is 0.0223 e. The lowest BCUT2D eigenvalue weighted by Crippen LogP contribution is -1.79. The molecule has 0 unspecified atom stereocenters. The van der Waals surface area contributed by atoms with Gasteiger partial charge in [0.05, 0.1) is 0 Å². The summed E-state index contributed by atoms with van der Waals surface area (Å²) in [5.74, 6) is 0.784. The molecule has 0 spiro atoms. The number of hydrogen-bond donors (Lipinski definition) is 1. The summed E-state index contributed by atoms with van der Waals surface area (Å²) in [5, 5.41) is 0. The third-order valence-electron chi connectivity index (χ3n) is 1.14. The Kier molecular flexibility index (Phi) is 7.68. The van der Waals surface area contributed by atoms with Gasteiger partial charge in [0, 0.05) is 5.88 Å². The third-order valence-corrected chi connectivity index (χ3v) is 1.41. The topological polar surface area (TPSA) is 26.0 Å². The molecule has 0 aromatic rings. The summed E-state index contributed by atoms with van der Waals surface area (Å²) >= 11 is 5.47. The van der Waals surface area contributed by atoms with Gasteiger partial charge >= 0.3 is 0 Å². The summed E-state index contributed by atoms with van der Waals surface area (Å²) < 4.78 is 0. The van der Waals surface area contributed by atoms with Crippen molar-refractivity contribution in [1.82, 2.24) is 0 Å². The minimum absolute atomic E-state index is 0.784. The molecule has 0 rings (SSSR count). The third kappa shape index (κ3) is 7.83. The van der Waals surface area contributed by atoms with Gasteiger partial charge in [-0.2, -0.15) is 0 Å². The van der Waals surface area contributed by atoms with E-state index >= 15 is 0 Å². The fraction of sp³-hybridized carbons (Fsp3) is 0.714. The predicted molar refractivity (Wildman–Crippen MR) is 42.5 cm³/mol. The van der Waals surface area contributed by atoms with Crippen LogP contribution in [-0.2, 0) is 0 Å². The second-order valence-electron chi connectivity index (χ2n) is 1.97. The lowest BCUT2D eigenvalue weighted by molar-refractivity contribution is 0.732. The predicted octanol–water partition coefficient (Wildman–Crippen LogP) is 2.26. The Balaban J connectivity index is 2.75. The number of alkyl halides is 1. The lowest BCUT2D eigenvalue weighted by atomic mass is 10.2. The molecule has 0 aliphatic heterocycles. The van der Waals surface area contributed by atoms with E-state index in [4.69, 9.17) is 17.3 Å². The highest BCUT2D eigenvalue weighted by Crippen LogP contribution is 2.00. The van der Waals surface area contributed by atoms with Crippen molar-refractivity contribution in [3.05, 3.63) is 12.3 Å². The molecule has 0 fully saturated rings. The van der Waals surface area contributed by atoms with Crippen LogP contribution in [0.1, 0.15) is 25.7 Å². The molecule has 0 heterocycles. The molecule has 0 amide bonds. The van der Waals surface area contributed by atoms with Crippen LogP contribution in [0.5, 0.6) is 0 Å². The van der Waals surface area contributed by atoms with E-state index in [9.17, 15) is 0 Å². The quantitative estimate of drug-likeness (QED) is 0.469. The van der Waals surface area contributed by atoms with Crippen LogP contribution in [-0.4, -0.2) is 5.88 Å². The minimum Gasteiger partial charge on any atom is -0.405 e. The number of hydrogen-bond acceptors (Lipinski definition) is 1. The van der Waals surface area contributed by atoms with Gasteiger partial charge in [-0.3, -0.25) is 0 Å². The Bertz CT molecular complexity index is 71.3. The van der Waals surface area contributed by atoms with Gasteiger partial charge in [-0.1, -0.05) is 12.5 Å². The van der Waals surface area contributed by atoms with Crippen molar-refractivity contribution in [1.29, 1.82) is 0 Å². The molecule has 1 nitrogen and oxygen atoms in total. The molecule has 0 aromatic heterocycles. The molecule has 0 saturated heterocycles. The zero-order valence-corrected chi connectivity index (χ0v) is 6.40. The normalized spacial score (nSPS) is 10.8. The zero-order chi connectivity index (χ0) is 6.95. The molecule has 0 aromatic carbocycles. The number of allylic oxidation sites excluding steroid dienone is 1. The number of unbranched alkanes of at least 4 members (excludes halogenated alkanes) is 3. The van der Waals surface area contributed by atoms with E-state index in [0.29, 0.717) is 0 Å². The molecule has 2 heteroatoms. The molecule has 54 valence electrons. The maximum atomic E-state index is 5.47. The van der Waals surface area contributed by atoms with E-state index in [1.165, 1.54) is 12.8 Å². The fourth-order valence-electron chi connectivity index (χ4n) is 0.630. The van der Waals surface area contributed by atoms with Crippen molar-refractivity contribution < 1.29 is 0 Å². The van der Waals surface area contributed by atoms with Crippen LogP contribution in [0, 0.1) is 0 Å². The van der Waals surface area contributed by atoms with Crippen molar-refractivity contribution in [3.63, 3.8) is 0 Å². The maximum absolute atomic E-state index is 5.47. The van der Waals surface area contributed by atoms with Gasteiger partial charge in [0.15, 0.2) is 0 Å². The summed E-state index contributed by atoms with van der Waals surface area (Å²) in [6.45, 7) is 0. The first kappa shape index (κ1) is 8.83. The summed E-state index contributed by atoms with van der Waals surface area (Å²) in [7, 11) is 0. The standard InChI is InChI=1S/C7H14ClN/c8-6-4-2-1-3-5-7-9/h5,7H,1-4,6,9H2. The average Bonchev–Trinajstić information content (AvgIpc) is 1.89. The number of halogens is 1. The molecule has 0 aliphatic rings. The molecular weight excluding hydrogens is 134 g/mol. The van der Waals surface area contributed by atoms with E-state index < -0.39 is 0 Å². The molecule has 0 bridgehead atoms. The maximum Gasteiger partial charge on any atom is 0.0223 e. The first-order valence-electron chi connectivity index (χ1n) is 3.34. The Morgan fingerprint density at radius 1 is 1.22 bits per heavy atom. The summed E-state index contributed by atoms with van der Waals surface area (Å²) in [4.78, 5) is 0. The summed E-state index contributed by atoms with van der Waals surface area (Å²) in [5.41, 5.74) is 5.14. The van der Waals surface area contributed by atoms with Gasteiger partial charge < -0.3 is 5.73 Å². The van der Waals surface area contributed by atoms with E-state index in [1.54, 1.807) is 6.20 Å². The van der Waals surface area contributed by atoms with Crippen LogP contribution < -0.4 is 5.73 Å². The van der Waals surface area contributed by atoms with Gasteiger partial charge in [-0.05, 0) is 25.5 Å². The zero-order valence-electron chi connectivity index (χ0n) is 5.65. The van der Waals surface area contributed by atoms with Crippen LogP contribution >= 0.6 is 11.6 Å². The van der Waals surface area contributed by atoms with Crippen LogP contribution in [0.25, 0.3) is 0 Å². The van der Waals surface area contributed by atoms with E-state index in [2.05, 4.69) is 0 Å².